The number of methoxy groups -OCH3 is 1. The van der Waals surface area contributed by atoms with Crippen LogP contribution in [-0.2, 0) is 16.1 Å². The van der Waals surface area contributed by atoms with Gasteiger partial charge in [0.2, 0.25) is 0 Å². The molecule has 0 radical (unpaired) electrons. The van der Waals surface area contributed by atoms with E-state index in [2.05, 4.69) is 30.4 Å². The van der Waals surface area contributed by atoms with Crippen molar-refractivity contribution in [3.8, 4) is 5.75 Å². The molecular formula is C16H23NO5. The summed E-state index contributed by atoms with van der Waals surface area (Å²) in [4.78, 5) is 18.2. The molecule has 0 atom stereocenters. The fraction of sp³-hybridized carbons (Fsp3) is 0.500. The van der Waals surface area contributed by atoms with E-state index in [0.717, 1.165) is 18.3 Å². The summed E-state index contributed by atoms with van der Waals surface area (Å²) in [6.45, 7) is 3.08. The standard InChI is InChI=1S/C14H21NO.C2H2O4/c1-11-9-12(7-8-14(11)16-2)10-15-13-5-3-4-6-13;3-1(4)2(5)6/h7-9,13,15H,3-6,10H2,1-2H3;(H,3,4)(H,5,6). The number of rotatable bonds is 4. The largest absolute Gasteiger partial charge is 0.496 e. The van der Waals surface area contributed by atoms with Gasteiger partial charge in [0.25, 0.3) is 0 Å². The Morgan fingerprint density at radius 2 is 1.82 bits per heavy atom. The highest BCUT2D eigenvalue weighted by Gasteiger charge is 2.13. The number of hydrogen-bond donors (Lipinski definition) is 3. The Morgan fingerprint density at radius 3 is 2.27 bits per heavy atom. The van der Waals surface area contributed by atoms with Gasteiger partial charge in [0.05, 0.1) is 7.11 Å². The quantitative estimate of drug-likeness (QED) is 0.738. The van der Waals surface area contributed by atoms with Crippen LogP contribution in [0.25, 0.3) is 0 Å². The Labute approximate surface area is 130 Å². The first-order valence-corrected chi connectivity index (χ1v) is 7.27. The maximum absolute atomic E-state index is 9.10. The van der Waals surface area contributed by atoms with Gasteiger partial charge in [-0.05, 0) is 37.0 Å². The molecule has 0 saturated heterocycles. The van der Waals surface area contributed by atoms with Gasteiger partial charge >= 0.3 is 11.9 Å². The molecule has 122 valence electrons. The maximum atomic E-state index is 9.10. The number of ether oxygens (including phenoxy) is 1. The first-order valence-electron chi connectivity index (χ1n) is 7.27. The summed E-state index contributed by atoms with van der Waals surface area (Å²) < 4.78 is 5.26. The van der Waals surface area contributed by atoms with Crippen molar-refractivity contribution in [1.82, 2.24) is 5.32 Å². The fourth-order valence-electron chi connectivity index (χ4n) is 2.44. The van der Waals surface area contributed by atoms with Crippen LogP contribution in [0.2, 0.25) is 0 Å². The summed E-state index contributed by atoms with van der Waals surface area (Å²) in [5.41, 5.74) is 2.57. The highest BCUT2D eigenvalue weighted by atomic mass is 16.5. The number of nitrogens with one attached hydrogen (secondary N) is 1. The molecule has 0 bridgehead atoms. The number of carboxylic acid groups (broad SMARTS) is 2. The molecule has 0 amide bonds. The van der Waals surface area contributed by atoms with Gasteiger partial charge in [0.15, 0.2) is 0 Å². The van der Waals surface area contributed by atoms with Crippen LogP contribution in [0, 0.1) is 6.92 Å². The molecule has 0 unspecified atom stereocenters. The average molecular weight is 309 g/mol. The summed E-state index contributed by atoms with van der Waals surface area (Å²) in [5.74, 6) is -2.67. The third-order valence-corrected chi connectivity index (χ3v) is 3.59. The van der Waals surface area contributed by atoms with Gasteiger partial charge in [-0.15, -0.1) is 0 Å². The molecule has 6 heteroatoms. The van der Waals surface area contributed by atoms with Crippen LogP contribution in [-0.4, -0.2) is 35.3 Å². The van der Waals surface area contributed by atoms with E-state index in [1.807, 2.05) is 0 Å². The molecule has 0 heterocycles. The molecule has 0 aliphatic heterocycles. The smallest absolute Gasteiger partial charge is 0.414 e. The van der Waals surface area contributed by atoms with Gasteiger partial charge in [0.1, 0.15) is 5.75 Å². The van der Waals surface area contributed by atoms with Crippen LogP contribution in [0.3, 0.4) is 0 Å². The van der Waals surface area contributed by atoms with E-state index < -0.39 is 11.9 Å². The minimum Gasteiger partial charge on any atom is -0.496 e. The average Bonchev–Trinajstić information content (AvgIpc) is 2.99. The first kappa shape index (κ1) is 18.0. The predicted octanol–water partition coefficient (Wildman–Crippen LogP) is 2.19. The third-order valence-electron chi connectivity index (χ3n) is 3.59. The van der Waals surface area contributed by atoms with Crippen molar-refractivity contribution in [1.29, 1.82) is 0 Å². The van der Waals surface area contributed by atoms with Crippen LogP contribution >= 0.6 is 0 Å². The van der Waals surface area contributed by atoms with Gasteiger partial charge in [-0.25, -0.2) is 9.59 Å². The zero-order valence-corrected chi connectivity index (χ0v) is 13.0. The minimum absolute atomic E-state index is 0.738. The Kier molecular flexibility index (Phi) is 7.39. The normalized spacial score (nSPS) is 14.1. The topological polar surface area (TPSA) is 95.9 Å². The van der Waals surface area contributed by atoms with Crippen molar-refractivity contribution in [3.63, 3.8) is 0 Å². The van der Waals surface area contributed by atoms with Gasteiger partial charge < -0.3 is 20.3 Å². The van der Waals surface area contributed by atoms with Crippen molar-refractivity contribution in [2.75, 3.05) is 7.11 Å². The second kappa shape index (κ2) is 9.04. The number of carbonyl (C=O) groups is 2. The number of carboxylic acids is 2. The molecule has 22 heavy (non-hydrogen) atoms. The lowest BCUT2D eigenvalue weighted by Gasteiger charge is -2.13. The zero-order valence-electron chi connectivity index (χ0n) is 13.0. The van der Waals surface area contributed by atoms with Gasteiger partial charge in [-0.2, -0.15) is 0 Å². The monoisotopic (exact) mass is 309 g/mol. The van der Waals surface area contributed by atoms with E-state index in [1.165, 1.54) is 36.8 Å². The van der Waals surface area contributed by atoms with Crippen molar-refractivity contribution in [3.05, 3.63) is 29.3 Å². The maximum Gasteiger partial charge on any atom is 0.414 e. The molecule has 0 aromatic heterocycles. The van der Waals surface area contributed by atoms with E-state index in [1.54, 1.807) is 7.11 Å². The summed E-state index contributed by atoms with van der Waals surface area (Å²) in [5, 5.41) is 18.4. The summed E-state index contributed by atoms with van der Waals surface area (Å²) >= 11 is 0. The second-order valence-corrected chi connectivity index (χ2v) is 5.28. The van der Waals surface area contributed by atoms with E-state index in [4.69, 9.17) is 24.5 Å². The van der Waals surface area contributed by atoms with Crippen molar-refractivity contribution in [2.24, 2.45) is 0 Å². The lowest BCUT2D eigenvalue weighted by atomic mass is 10.1. The Balaban J connectivity index is 0.000000346. The molecule has 1 aliphatic rings. The van der Waals surface area contributed by atoms with E-state index in [9.17, 15) is 0 Å². The predicted molar refractivity (Wildman–Crippen MR) is 82.1 cm³/mol. The number of aryl methyl sites for hydroxylation is 1. The van der Waals surface area contributed by atoms with E-state index in [-0.39, 0.29) is 0 Å². The fourth-order valence-corrected chi connectivity index (χ4v) is 2.44. The van der Waals surface area contributed by atoms with Crippen LogP contribution in [0.15, 0.2) is 18.2 Å². The van der Waals surface area contributed by atoms with Crippen LogP contribution in [0.5, 0.6) is 5.75 Å². The van der Waals surface area contributed by atoms with Gasteiger partial charge in [-0.3, -0.25) is 0 Å². The Morgan fingerprint density at radius 1 is 1.23 bits per heavy atom. The molecule has 1 fully saturated rings. The lowest BCUT2D eigenvalue weighted by molar-refractivity contribution is -0.159. The Hall–Kier alpha value is -2.08. The Bertz CT molecular complexity index is 497. The first-order chi connectivity index (χ1) is 10.4. The molecule has 2 rings (SSSR count). The van der Waals surface area contributed by atoms with Crippen molar-refractivity contribution < 1.29 is 24.5 Å². The van der Waals surface area contributed by atoms with E-state index >= 15 is 0 Å². The number of aliphatic carboxylic acids is 2. The summed E-state index contributed by atoms with van der Waals surface area (Å²) in [6, 6.07) is 7.15. The van der Waals surface area contributed by atoms with Crippen molar-refractivity contribution in [2.45, 2.75) is 45.2 Å². The summed E-state index contributed by atoms with van der Waals surface area (Å²) in [7, 11) is 1.72. The highest BCUT2D eigenvalue weighted by molar-refractivity contribution is 6.27. The molecule has 1 aliphatic carbocycles. The van der Waals surface area contributed by atoms with Gasteiger partial charge in [0, 0.05) is 12.6 Å². The zero-order chi connectivity index (χ0) is 16.5. The van der Waals surface area contributed by atoms with E-state index in [0.29, 0.717) is 0 Å². The molecule has 6 nitrogen and oxygen atoms in total. The molecule has 1 saturated carbocycles. The molecule has 0 spiro atoms. The highest BCUT2D eigenvalue weighted by Crippen LogP contribution is 2.20. The molecule has 3 N–H and O–H groups in total. The minimum atomic E-state index is -1.82. The third kappa shape index (κ3) is 6.13. The molecule has 1 aromatic rings. The van der Waals surface area contributed by atoms with Crippen molar-refractivity contribution >= 4 is 11.9 Å². The van der Waals surface area contributed by atoms with Crippen LogP contribution in [0.4, 0.5) is 0 Å². The molecular weight excluding hydrogens is 286 g/mol. The van der Waals surface area contributed by atoms with Gasteiger partial charge in [-0.1, -0.05) is 25.0 Å². The van der Waals surface area contributed by atoms with Crippen LogP contribution in [0.1, 0.15) is 36.8 Å². The number of hydrogen-bond acceptors (Lipinski definition) is 4. The van der Waals surface area contributed by atoms with Crippen LogP contribution < -0.4 is 10.1 Å². The second-order valence-electron chi connectivity index (χ2n) is 5.28. The lowest BCUT2D eigenvalue weighted by Crippen LogP contribution is -2.25. The molecule has 1 aromatic carbocycles. The summed E-state index contributed by atoms with van der Waals surface area (Å²) in [6.07, 6.45) is 5.46. The SMILES string of the molecule is COc1ccc(CNC2CCCC2)cc1C.O=C(O)C(=O)O. The number of benzene rings is 1.